The lowest BCUT2D eigenvalue weighted by Gasteiger charge is -2.27. The van der Waals surface area contributed by atoms with E-state index in [0.717, 1.165) is 28.2 Å². The third-order valence-electron chi connectivity index (χ3n) is 4.55. The molecule has 2 N–H and O–H groups in total. The Balaban J connectivity index is 1.67. The number of hydrogen-bond donors (Lipinski definition) is 2. The van der Waals surface area contributed by atoms with Crippen LogP contribution in [0.3, 0.4) is 0 Å². The van der Waals surface area contributed by atoms with Crippen LogP contribution in [0.5, 0.6) is 0 Å². The standard InChI is InChI=1S/C21H19N3O2/c1-14-18(21(25)26-13-15-8-4-2-5-9-15)19(16-10-6-3-7-11-16)17-12-22-24-20(17)23-14/h2-12,19H,13H2,1H3,(H2,22,23,24). The topological polar surface area (TPSA) is 67.0 Å². The zero-order chi connectivity index (χ0) is 17.9. The van der Waals surface area contributed by atoms with Crippen LogP contribution in [0.15, 0.2) is 78.1 Å². The maximum absolute atomic E-state index is 12.9. The highest BCUT2D eigenvalue weighted by atomic mass is 16.5. The zero-order valence-corrected chi connectivity index (χ0v) is 14.4. The van der Waals surface area contributed by atoms with Crippen molar-refractivity contribution in [1.82, 2.24) is 10.2 Å². The van der Waals surface area contributed by atoms with Crippen LogP contribution in [-0.2, 0) is 16.1 Å². The van der Waals surface area contributed by atoms with E-state index in [2.05, 4.69) is 15.5 Å². The van der Waals surface area contributed by atoms with Crippen molar-refractivity contribution in [3.05, 3.63) is 94.8 Å². The summed E-state index contributed by atoms with van der Waals surface area (Å²) in [5.74, 6) is 0.282. The minimum absolute atomic E-state index is 0.213. The van der Waals surface area contributed by atoms with Gasteiger partial charge in [-0.15, -0.1) is 0 Å². The molecule has 3 aromatic rings. The highest BCUT2D eigenvalue weighted by molar-refractivity contribution is 5.94. The summed E-state index contributed by atoms with van der Waals surface area (Å²) in [7, 11) is 0. The second-order valence-electron chi connectivity index (χ2n) is 6.27. The molecule has 5 nitrogen and oxygen atoms in total. The van der Waals surface area contributed by atoms with Crippen LogP contribution in [0.4, 0.5) is 5.82 Å². The maximum atomic E-state index is 12.9. The van der Waals surface area contributed by atoms with Crippen molar-refractivity contribution < 1.29 is 9.53 Å². The summed E-state index contributed by atoms with van der Waals surface area (Å²) in [6.45, 7) is 2.13. The number of nitrogens with zero attached hydrogens (tertiary/aromatic N) is 1. The first kappa shape index (κ1) is 16.1. The molecule has 0 aliphatic carbocycles. The van der Waals surface area contributed by atoms with Crippen LogP contribution in [0, 0.1) is 0 Å². The number of allylic oxidation sites excluding steroid dienone is 1. The molecule has 0 spiro atoms. The van der Waals surface area contributed by atoms with Gasteiger partial charge in [-0.2, -0.15) is 5.10 Å². The normalized spacial score (nSPS) is 16.0. The van der Waals surface area contributed by atoms with E-state index in [4.69, 9.17) is 4.74 Å². The molecule has 0 radical (unpaired) electrons. The molecule has 5 heteroatoms. The van der Waals surface area contributed by atoms with Gasteiger partial charge in [0, 0.05) is 17.2 Å². The van der Waals surface area contributed by atoms with Gasteiger partial charge in [0.05, 0.1) is 11.8 Å². The minimum atomic E-state index is -0.320. The van der Waals surface area contributed by atoms with Crippen molar-refractivity contribution in [3.63, 3.8) is 0 Å². The summed E-state index contributed by atoms with van der Waals surface area (Å²) in [6, 6.07) is 19.6. The van der Waals surface area contributed by atoms with Crippen molar-refractivity contribution in [1.29, 1.82) is 0 Å². The maximum Gasteiger partial charge on any atom is 0.337 e. The number of anilines is 1. The lowest BCUT2D eigenvalue weighted by atomic mass is 9.83. The molecule has 0 bridgehead atoms. The lowest BCUT2D eigenvalue weighted by Crippen LogP contribution is -2.24. The quantitative estimate of drug-likeness (QED) is 0.702. The van der Waals surface area contributed by atoms with Gasteiger partial charge < -0.3 is 10.1 Å². The molecule has 1 unspecified atom stereocenters. The summed E-state index contributed by atoms with van der Waals surface area (Å²) in [4.78, 5) is 12.9. The van der Waals surface area contributed by atoms with Gasteiger partial charge >= 0.3 is 5.97 Å². The summed E-state index contributed by atoms with van der Waals surface area (Å²) in [5.41, 5.74) is 4.31. The summed E-state index contributed by atoms with van der Waals surface area (Å²) < 4.78 is 5.61. The average molecular weight is 345 g/mol. The Labute approximate surface area is 151 Å². The van der Waals surface area contributed by atoms with Crippen LogP contribution >= 0.6 is 0 Å². The Morgan fingerprint density at radius 1 is 1.08 bits per heavy atom. The number of aromatic nitrogens is 2. The smallest absolute Gasteiger partial charge is 0.337 e. The van der Waals surface area contributed by atoms with Gasteiger partial charge in [0.1, 0.15) is 12.4 Å². The first-order valence-electron chi connectivity index (χ1n) is 8.51. The third kappa shape index (κ3) is 2.99. The Kier molecular flexibility index (Phi) is 4.27. The number of esters is 1. The van der Waals surface area contributed by atoms with E-state index in [0.29, 0.717) is 5.57 Å². The molecule has 0 fully saturated rings. The van der Waals surface area contributed by atoms with Gasteiger partial charge in [-0.3, -0.25) is 5.10 Å². The van der Waals surface area contributed by atoms with E-state index in [1.165, 1.54) is 0 Å². The second kappa shape index (κ2) is 6.88. The highest BCUT2D eigenvalue weighted by Crippen LogP contribution is 2.41. The fourth-order valence-corrected chi connectivity index (χ4v) is 3.30. The molecule has 1 atom stereocenters. The van der Waals surface area contributed by atoms with Crippen molar-refractivity contribution in [2.75, 3.05) is 5.32 Å². The first-order valence-corrected chi connectivity index (χ1v) is 8.51. The van der Waals surface area contributed by atoms with E-state index in [-0.39, 0.29) is 18.5 Å². The molecule has 0 saturated carbocycles. The van der Waals surface area contributed by atoms with Crippen LogP contribution in [-0.4, -0.2) is 16.2 Å². The fraction of sp³-hybridized carbons (Fsp3) is 0.143. The van der Waals surface area contributed by atoms with E-state index >= 15 is 0 Å². The number of rotatable bonds is 4. The first-order chi connectivity index (χ1) is 12.7. The molecule has 130 valence electrons. The Morgan fingerprint density at radius 3 is 2.50 bits per heavy atom. The number of aromatic amines is 1. The molecule has 26 heavy (non-hydrogen) atoms. The number of carbonyl (C=O) groups excluding carboxylic acids is 1. The highest BCUT2D eigenvalue weighted by Gasteiger charge is 2.34. The Hall–Kier alpha value is -3.34. The molecular weight excluding hydrogens is 326 g/mol. The summed E-state index contributed by atoms with van der Waals surface area (Å²) in [5, 5.41) is 10.3. The number of carbonyl (C=O) groups is 1. The summed E-state index contributed by atoms with van der Waals surface area (Å²) in [6.07, 6.45) is 1.76. The summed E-state index contributed by atoms with van der Waals surface area (Å²) >= 11 is 0. The van der Waals surface area contributed by atoms with E-state index in [1.807, 2.05) is 67.6 Å². The second-order valence-corrected chi connectivity index (χ2v) is 6.27. The number of ether oxygens (including phenoxy) is 1. The van der Waals surface area contributed by atoms with E-state index in [1.54, 1.807) is 6.20 Å². The minimum Gasteiger partial charge on any atom is -0.457 e. The number of benzene rings is 2. The van der Waals surface area contributed by atoms with Crippen LogP contribution in [0.25, 0.3) is 0 Å². The van der Waals surface area contributed by atoms with Crippen molar-refractivity contribution in [2.24, 2.45) is 0 Å². The largest absolute Gasteiger partial charge is 0.457 e. The van der Waals surface area contributed by atoms with Gasteiger partial charge in [0.2, 0.25) is 0 Å². The average Bonchev–Trinajstić information content (AvgIpc) is 3.14. The van der Waals surface area contributed by atoms with Gasteiger partial charge in [-0.1, -0.05) is 60.7 Å². The fourth-order valence-electron chi connectivity index (χ4n) is 3.30. The van der Waals surface area contributed by atoms with Crippen LogP contribution in [0.2, 0.25) is 0 Å². The predicted octanol–water partition coefficient (Wildman–Crippen LogP) is 3.98. The monoisotopic (exact) mass is 345 g/mol. The molecule has 0 amide bonds. The van der Waals surface area contributed by atoms with Crippen LogP contribution in [0.1, 0.15) is 29.5 Å². The number of hydrogen-bond acceptors (Lipinski definition) is 4. The molecule has 4 rings (SSSR count). The van der Waals surface area contributed by atoms with E-state index < -0.39 is 0 Å². The SMILES string of the molecule is CC1=C(C(=O)OCc2ccccc2)C(c2ccccc2)c2cn[nH]c2N1. The number of nitrogens with one attached hydrogen (secondary N) is 2. The van der Waals surface area contributed by atoms with E-state index in [9.17, 15) is 4.79 Å². The molecule has 0 saturated heterocycles. The van der Waals surface area contributed by atoms with Gasteiger partial charge in [0.25, 0.3) is 0 Å². The number of H-pyrrole nitrogens is 1. The van der Waals surface area contributed by atoms with Crippen molar-refractivity contribution >= 4 is 11.8 Å². The van der Waals surface area contributed by atoms with Crippen LogP contribution < -0.4 is 5.32 Å². The predicted molar refractivity (Wildman–Crippen MR) is 99.4 cm³/mol. The molecule has 1 aliphatic heterocycles. The van der Waals surface area contributed by atoms with Gasteiger partial charge in [-0.05, 0) is 18.1 Å². The molecule has 2 aromatic carbocycles. The molecule has 1 aromatic heterocycles. The molecule has 1 aliphatic rings. The van der Waals surface area contributed by atoms with Crippen molar-refractivity contribution in [2.45, 2.75) is 19.4 Å². The lowest BCUT2D eigenvalue weighted by molar-refractivity contribution is -0.140. The number of fused-ring (bicyclic) bond motifs is 1. The van der Waals surface area contributed by atoms with Gasteiger partial charge in [0.15, 0.2) is 0 Å². The Bertz CT molecular complexity index is 946. The third-order valence-corrected chi connectivity index (χ3v) is 4.55. The van der Waals surface area contributed by atoms with Gasteiger partial charge in [-0.25, -0.2) is 4.79 Å². The zero-order valence-electron chi connectivity index (χ0n) is 14.4. The Morgan fingerprint density at radius 2 is 1.77 bits per heavy atom. The van der Waals surface area contributed by atoms with Crippen molar-refractivity contribution in [3.8, 4) is 0 Å². The molecular formula is C21H19N3O2. The molecule has 2 heterocycles.